The second kappa shape index (κ2) is 11.4. The van der Waals surface area contributed by atoms with Crippen molar-refractivity contribution < 1.29 is 35.9 Å². The lowest BCUT2D eigenvalue weighted by molar-refractivity contribution is -0.191. The third kappa shape index (κ3) is 7.77. The molecule has 2 aliphatic rings. The minimum Gasteiger partial charge on any atom is -0.435 e. The van der Waals surface area contributed by atoms with E-state index in [1.807, 2.05) is 4.90 Å². The molecule has 0 bridgehead atoms. The van der Waals surface area contributed by atoms with Gasteiger partial charge in [-0.15, -0.1) is 0 Å². The molecule has 2 aliphatic heterocycles. The molecule has 1 amide bonds. The van der Waals surface area contributed by atoms with Crippen molar-refractivity contribution in [3.05, 3.63) is 29.6 Å². The van der Waals surface area contributed by atoms with Gasteiger partial charge in [-0.1, -0.05) is 6.42 Å². The highest BCUT2D eigenvalue weighted by Gasteiger charge is 2.44. The highest BCUT2D eigenvalue weighted by atomic mass is 19.4. The fraction of sp³-hybridized carbons (Fsp3) is 0.682. The summed E-state index contributed by atoms with van der Waals surface area (Å²) in [7, 11) is 0. The number of amides is 1. The molecule has 33 heavy (non-hydrogen) atoms. The number of carbonyl (C=O) groups is 1. The molecule has 11 heteroatoms. The number of nitrogens with one attached hydrogen (secondary N) is 1. The minimum atomic E-state index is -4.28. The Morgan fingerprint density at radius 3 is 2.33 bits per heavy atom. The molecule has 1 N–H and O–H groups in total. The summed E-state index contributed by atoms with van der Waals surface area (Å²) in [6, 6.07) is 1.25. The van der Waals surface area contributed by atoms with Crippen molar-refractivity contribution in [2.24, 2.45) is 5.92 Å². The van der Waals surface area contributed by atoms with Crippen LogP contribution in [0.5, 0.6) is 5.75 Å². The Kier molecular flexibility index (Phi) is 8.86. The maximum Gasteiger partial charge on any atom is 0.405 e. The highest BCUT2D eigenvalue weighted by Crippen LogP contribution is 2.29. The maximum atomic E-state index is 13.6. The number of alkyl halides is 5. The molecule has 0 saturated carbocycles. The second-order valence-corrected chi connectivity index (χ2v) is 8.66. The van der Waals surface area contributed by atoms with Gasteiger partial charge in [0.1, 0.15) is 17.6 Å². The van der Waals surface area contributed by atoms with Crippen molar-refractivity contribution in [2.45, 2.75) is 50.9 Å². The first-order valence-electron chi connectivity index (χ1n) is 11.2. The number of rotatable bonds is 8. The summed E-state index contributed by atoms with van der Waals surface area (Å²) < 4.78 is 83.4. The zero-order valence-corrected chi connectivity index (χ0v) is 18.2. The molecule has 1 atom stereocenters. The average molecular weight is 481 g/mol. The number of halogens is 6. The number of nitrogens with zero attached hydrogens (tertiary/aromatic N) is 2. The first-order chi connectivity index (χ1) is 15.6. The van der Waals surface area contributed by atoms with Crippen LogP contribution in [0.3, 0.4) is 0 Å². The van der Waals surface area contributed by atoms with E-state index in [-0.39, 0.29) is 24.6 Å². The lowest BCUT2D eigenvalue weighted by Crippen LogP contribution is -2.55. The van der Waals surface area contributed by atoms with Crippen LogP contribution >= 0.6 is 0 Å². The Morgan fingerprint density at radius 2 is 1.73 bits per heavy atom. The van der Waals surface area contributed by atoms with Crippen molar-refractivity contribution >= 4 is 5.91 Å². The molecular weight excluding hydrogens is 452 g/mol. The molecule has 0 spiro atoms. The number of hydrogen-bond donors (Lipinski definition) is 1. The molecule has 0 radical (unpaired) electrons. The molecule has 1 aromatic rings. The van der Waals surface area contributed by atoms with Gasteiger partial charge in [0.05, 0.1) is 0 Å². The predicted molar refractivity (Wildman–Crippen MR) is 110 cm³/mol. The number of benzene rings is 1. The second-order valence-electron chi connectivity index (χ2n) is 8.66. The largest absolute Gasteiger partial charge is 0.435 e. The Morgan fingerprint density at radius 1 is 1.06 bits per heavy atom. The van der Waals surface area contributed by atoms with Crippen LogP contribution in [-0.2, 0) is 0 Å². The number of ether oxygens (including phenoxy) is 1. The van der Waals surface area contributed by atoms with Crippen molar-refractivity contribution in [2.75, 3.05) is 39.3 Å². The van der Waals surface area contributed by atoms with Crippen LogP contribution in [-0.4, -0.2) is 73.8 Å². The van der Waals surface area contributed by atoms with Crippen molar-refractivity contribution in [3.8, 4) is 5.75 Å². The van der Waals surface area contributed by atoms with Gasteiger partial charge in [-0.25, -0.2) is 4.39 Å². The van der Waals surface area contributed by atoms with Crippen molar-refractivity contribution in [3.63, 3.8) is 0 Å². The van der Waals surface area contributed by atoms with Gasteiger partial charge in [0.15, 0.2) is 0 Å². The van der Waals surface area contributed by atoms with Crippen LogP contribution in [0.25, 0.3) is 0 Å². The quantitative estimate of drug-likeness (QED) is 0.563. The van der Waals surface area contributed by atoms with E-state index in [1.54, 1.807) is 4.90 Å². The summed E-state index contributed by atoms with van der Waals surface area (Å²) in [5, 5.41) is 2.65. The van der Waals surface area contributed by atoms with Gasteiger partial charge in [0.25, 0.3) is 5.91 Å². The van der Waals surface area contributed by atoms with E-state index in [2.05, 4.69) is 10.1 Å². The number of likely N-dealkylation sites (tertiary alicyclic amines) is 2. The summed E-state index contributed by atoms with van der Waals surface area (Å²) in [6.07, 6.45) is -0.499. The van der Waals surface area contributed by atoms with Gasteiger partial charge in [-0.3, -0.25) is 9.69 Å². The summed E-state index contributed by atoms with van der Waals surface area (Å²) in [5.74, 6) is -1.89. The third-order valence-corrected chi connectivity index (χ3v) is 6.26. The molecule has 186 valence electrons. The number of carbonyl (C=O) groups excluding carboxylic acids is 1. The van der Waals surface area contributed by atoms with Gasteiger partial charge in [-0.05, 0) is 69.9 Å². The monoisotopic (exact) mass is 481 g/mol. The zero-order chi connectivity index (χ0) is 24.0. The molecule has 2 saturated heterocycles. The van der Waals surface area contributed by atoms with E-state index in [9.17, 15) is 31.1 Å². The van der Waals surface area contributed by atoms with Gasteiger partial charge in [-0.2, -0.15) is 22.0 Å². The van der Waals surface area contributed by atoms with Crippen LogP contribution in [0.1, 0.15) is 42.5 Å². The maximum absolute atomic E-state index is 13.6. The fourth-order valence-corrected chi connectivity index (χ4v) is 4.48. The number of hydrogen-bond acceptors (Lipinski definition) is 4. The van der Waals surface area contributed by atoms with Gasteiger partial charge in [0.2, 0.25) is 0 Å². The normalized spacial score (nSPS) is 20.1. The Labute approximate surface area is 189 Å². The average Bonchev–Trinajstić information content (AvgIpc) is 2.75. The lowest BCUT2D eigenvalue weighted by Gasteiger charge is -2.40. The fourth-order valence-electron chi connectivity index (χ4n) is 4.48. The van der Waals surface area contributed by atoms with E-state index < -0.39 is 36.3 Å². The van der Waals surface area contributed by atoms with Crippen LogP contribution in [0.2, 0.25) is 0 Å². The summed E-state index contributed by atoms with van der Waals surface area (Å²) in [4.78, 5) is 15.7. The molecule has 2 heterocycles. The molecule has 0 aromatic heterocycles. The van der Waals surface area contributed by atoms with Crippen LogP contribution in [0.15, 0.2) is 18.2 Å². The molecule has 5 nitrogen and oxygen atoms in total. The van der Waals surface area contributed by atoms with Crippen molar-refractivity contribution in [1.29, 1.82) is 0 Å². The lowest BCUT2D eigenvalue weighted by atomic mass is 9.96. The highest BCUT2D eigenvalue weighted by molar-refractivity contribution is 5.94. The van der Waals surface area contributed by atoms with Gasteiger partial charge >= 0.3 is 12.8 Å². The summed E-state index contributed by atoms with van der Waals surface area (Å²) in [6.45, 7) is -1.00. The minimum absolute atomic E-state index is 0.0568. The van der Waals surface area contributed by atoms with Crippen molar-refractivity contribution in [1.82, 2.24) is 15.1 Å². The molecule has 3 rings (SSSR count). The van der Waals surface area contributed by atoms with E-state index in [0.29, 0.717) is 39.0 Å². The van der Waals surface area contributed by atoms with E-state index in [0.717, 1.165) is 37.5 Å². The van der Waals surface area contributed by atoms with E-state index >= 15 is 0 Å². The third-order valence-electron chi connectivity index (χ3n) is 6.26. The van der Waals surface area contributed by atoms with Crippen LogP contribution < -0.4 is 10.1 Å². The van der Waals surface area contributed by atoms with Crippen LogP contribution in [0, 0.1) is 11.7 Å². The van der Waals surface area contributed by atoms with Gasteiger partial charge in [0, 0.05) is 24.7 Å². The van der Waals surface area contributed by atoms with Crippen LogP contribution in [0.4, 0.5) is 26.3 Å². The van der Waals surface area contributed by atoms with Gasteiger partial charge < -0.3 is 15.0 Å². The molecule has 1 aromatic carbocycles. The standard InChI is InChI=1S/C22H29F6N3O2/c23-17-10-16(11-18(12-17)33-21(24)25)20(32)29-13-15-4-8-30(9-5-15)14-19(22(26,27)28)31-6-2-1-3-7-31/h10-12,15,19,21H,1-9,13-14H2,(H,29,32). The Hall–Kier alpha value is -2.01. The predicted octanol–water partition coefficient (Wildman–Crippen LogP) is 4.29. The zero-order valence-electron chi connectivity index (χ0n) is 18.2. The summed E-state index contributed by atoms with van der Waals surface area (Å²) >= 11 is 0. The first kappa shape index (κ1) is 25.6. The summed E-state index contributed by atoms with van der Waals surface area (Å²) in [5.41, 5.74) is -0.141. The Bertz CT molecular complexity index is 778. The van der Waals surface area contributed by atoms with E-state index in [4.69, 9.17) is 0 Å². The van der Waals surface area contributed by atoms with E-state index in [1.165, 1.54) is 0 Å². The number of piperidine rings is 2. The molecular formula is C22H29F6N3O2. The Balaban J connectivity index is 1.47. The topological polar surface area (TPSA) is 44.8 Å². The smallest absolute Gasteiger partial charge is 0.405 e. The first-order valence-corrected chi connectivity index (χ1v) is 11.2. The SMILES string of the molecule is O=C(NCC1CCN(CC(N2CCCCC2)C(F)(F)F)CC1)c1cc(F)cc(OC(F)F)c1. The molecule has 0 aliphatic carbocycles. The molecule has 2 fully saturated rings. The molecule has 1 unspecified atom stereocenters.